The highest BCUT2D eigenvalue weighted by molar-refractivity contribution is 6.04. The molecule has 0 radical (unpaired) electrons. The Bertz CT molecular complexity index is 1150. The maximum Gasteiger partial charge on any atom is 0.408 e. The molecular formula is C26H26N2O7. The van der Waals surface area contributed by atoms with Crippen molar-refractivity contribution in [3.05, 3.63) is 59.7 Å². The highest BCUT2D eigenvalue weighted by Crippen LogP contribution is 2.47. The van der Waals surface area contributed by atoms with Gasteiger partial charge in [0.15, 0.2) is 0 Å². The number of carbonyl (C=O) groups is 4. The number of hydrogen-bond acceptors (Lipinski definition) is 6. The number of carboxylic acid groups (broad SMARTS) is 1. The molecule has 2 saturated heterocycles. The standard InChI is InChI=1S/C26H26N2O7/c1-2-34-25(32)22(23(29)28-12-14-11-20(28)21(14)24(30)31)27-26(33)35-13-19-17-9-5-3-7-15(17)16-8-4-6-10-18(16)19/h3-10,14,19-22H,2,11-13H2,1H3,(H,27,33)(H,30,31). The van der Waals surface area contributed by atoms with Crippen LogP contribution >= 0.6 is 0 Å². The topological polar surface area (TPSA) is 122 Å². The SMILES string of the molecule is CCOC(=O)C(NC(=O)OCC1c2ccccc2-c2ccccc21)C(=O)N1CC2CC1C2C(=O)O. The van der Waals surface area contributed by atoms with E-state index < -0.39 is 41.9 Å². The van der Waals surface area contributed by atoms with Crippen molar-refractivity contribution >= 4 is 23.9 Å². The lowest BCUT2D eigenvalue weighted by molar-refractivity contribution is -0.153. The van der Waals surface area contributed by atoms with Crippen LogP contribution in [0.25, 0.3) is 11.1 Å². The number of nitrogens with zero attached hydrogens (tertiary/aromatic N) is 1. The zero-order valence-corrected chi connectivity index (χ0v) is 19.2. The van der Waals surface area contributed by atoms with Crippen LogP contribution in [0.2, 0.25) is 0 Å². The zero-order valence-electron chi connectivity index (χ0n) is 19.2. The predicted octanol–water partition coefficient (Wildman–Crippen LogP) is 2.39. The first-order valence-corrected chi connectivity index (χ1v) is 11.7. The molecule has 2 bridgehead atoms. The van der Waals surface area contributed by atoms with Gasteiger partial charge in [-0.05, 0) is 41.5 Å². The van der Waals surface area contributed by atoms with E-state index in [4.69, 9.17) is 9.47 Å². The number of alkyl carbamates (subject to hydrolysis) is 1. The molecule has 2 aromatic rings. The lowest BCUT2D eigenvalue weighted by atomic mass is 9.74. The Morgan fingerprint density at radius 2 is 1.66 bits per heavy atom. The third-order valence-corrected chi connectivity index (χ3v) is 7.24. The van der Waals surface area contributed by atoms with E-state index in [0.717, 1.165) is 22.3 Å². The van der Waals surface area contributed by atoms with Crippen LogP contribution in [-0.2, 0) is 23.9 Å². The van der Waals surface area contributed by atoms with Crippen LogP contribution in [0.4, 0.5) is 4.79 Å². The van der Waals surface area contributed by atoms with E-state index in [1.54, 1.807) is 6.92 Å². The first-order valence-electron chi connectivity index (χ1n) is 11.7. The first-order chi connectivity index (χ1) is 16.9. The molecule has 1 saturated carbocycles. The third kappa shape index (κ3) is 3.90. The van der Waals surface area contributed by atoms with Crippen molar-refractivity contribution in [1.82, 2.24) is 10.2 Å². The van der Waals surface area contributed by atoms with Gasteiger partial charge in [-0.3, -0.25) is 14.9 Å². The Balaban J connectivity index is 1.28. The normalized spacial score (nSPS) is 22.4. The molecule has 2 aromatic carbocycles. The summed E-state index contributed by atoms with van der Waals surface area (Å²) in [7, 11) is 0. The molecule has 2 aliphatic carbocycles. The van der Waals surface area contributed by atoms with Crippen molar-refractivity contribution in [2.45, 2.75) is 31.3 Å². The number of fused-ring (bicyclic) bond motifs is 4. The first kappa shape index (κ1) is 22.9. The van der Waals surface area contributed by atoms with E-state index in [9.17, 15) is 24.3 Å². The van der Waals surface area contributed by atoms with Crippen LogP contribution in [0.5, 0.6) is 0 Å². The van der Waals surface area contributed by atoms with E-state index in [2.05, 4.69) is 5.32 Å². The monoisotopic (exact) mass is 478 g/mol. The lowest BCUT2D eigenvalue weighted by Crippen LogP contribution is -2.55. The highest BCUT2D eigenvalue weighted by Gasteiger charge is 2.58. The van der Waals surface area contributed by atoms with Gasteiger partial charge in [-0.25, -0.2) is 9.59 Å². The Hall–Kier alpha value is -3.88. The molecule has 4 unspecified atom stereocenters. The van der Waals surface area contributed by atoms with Crippen LogP contribution in [-0.4, -0.2) is 65.8 Å². The number of aliphatic carboxylic acids is 1. The molecule has 4 aliphatic rings. The number of esters is 1. The molecule has 35 heavy (non-hydrogen) atoms. The van der Waals surface area contributed by atoms with E-state index in [1.807, 2.05) is 48.5 Å². The van der Waals surface area contributed by atoms with Crippen molar-refractivity contribution in [3.8, 4) is 11.1 Å². The quantitative estimate of drug-likeness (QED) is 0.463. The lowest BCUT2D eigenvalue weighted by Gasteiger charge is -2.33. The van der Waals surface area contributed by atoms with Gasteiger partial charge >= 0.3 is 18.0 Å². The molecule has 9 nitrogen and oxygen atoms in total. The van der Waals surface area contributed by atoms with Crippen molar-refractivity contribution in [1.29, 1.82) is 0 Å². The van der Waals surface area contributed by atoms with Crippen molar-refractivity contribution < 1.29 is 33.8 Å². The molecule has 0 aromatic heterocycles. The van der Waals surface area contributed by atoms with Gasteiger partial charge in [-0.1, -0.05) is 48.5 Å². The number of carbonyl (C=O) groups excluding carboxylic acids is 3. The maximum atomic E-state index is 13.2. The summed E-state index contributed by atoms with van der Waals surface area (Å²) < 4.78 is 10.5. The zero-order chi connectivity index (χ0) is 24.7. The largest absolute Gasteiger partial charge is 0.481 e. The van der Waals surface area contributed by atoms with Gasteiger partial charge in [0, 0.05) is 18.5 Å². The summed E-state index contributed by atoms with van der Waals surface area (Å²) >= 11 is 0. The molecule has 3 fully saturated rings. The van der Waals surface area contributed by atoms with E-state index in [-0.39, 0.29) is 31.6 Å². The summed E-state index contributed by atoms with van der Waals surface area (Å²) in [6.45, 7) is 1.89. The van der Waals surface area contributed by atoms with E-state index in [0.29, 0.717) is 6.42 Å². The maximum absolute atomic E-state index is 13.2. The van der Waals surface area contributed by atoms with Crippen LogP contribution in [0.3, 0.4) is 0 Å². The Morgan fingerprint density at radius 1 is 1.03 bits per heavy atom. The number of carboxylic acids is 1. The number of hydrogen-bond donors (Lipinski definition) is 2. The summed E-state index contributed by atoms with van der Waals surface area (Å²) in [5, 5.41) is 11.7. The summed E-state index contributed by atoms with van der Waals surface area (Å²) in [6, 6.07) is 13.7. The minimum absolute atomic E-state index is 0.0266. The molecule has 2 N–H and O–H groups in total. The number of rotatable bonds is 7. The third-order valence-electron chi connectivity index (χ3n) is 7.24. The number of benzene rings is 2. The van der Waals surface area contributed by atoms with Gasteiger partial charge < -0.3 is 19.5 Å². The molecular weight excluding hydrogens is 452 g/mol. The van der Waals surface area contributed by atoms with Crippen LogP contribution < -0.4 is 5.32 Å². The minimum atomic E-state index is -1.60. The molecule has 9 heteroatoms. The fourth-order valence-corrected chi connectivity index (χ4v) is 5.61. The molecule has 182 valence electrons. The van der Waals surface area contributed by atoms with Gasteiger partial charge in [0.2, 0.25) is 6.04 Å². The van der Waals surface area contributed by atoms with Gasteiger partial charge in [0.1, 0.15) is 6.61 Å². The van der Waals surface area contributed by atoms with E-state index in [1.165, 1.54) is 4.90 Å². The molecule has 4 atom stereocenters. The molecule has 6 rings (SSSR count). The van der Waals surface area contributed by atoms with Crippen molar-refractivity contribution in [2.75, 3.05) is 19.8 Å². The van der Waals surface area contributed by atoms with Gasteiger partial charge in [-0.15, -0.1) is 0 Å². The average molecular weight is 479 g/mol. The molecule has 0 spiro atoms. The Labute approximate surface area is 202 Å². The molecule has 2 heterocycles. The number of amides is 2. The van der Waals surface area contributed by atoms with E-state index >= 15 is 0 Å². The fraction of sp³-hybridized carbons (Fsp3) is 0.385. The highest BCUT2D eigenvalue weighted by atomic mass is 16.6. The Kier molecular flexibility index (Phi) is 5.92. The van der Waals surface area contributed by atoms with Crippen LogP contribution in [0.15, 0.2) is 48.5 Å². The summed E-state index contributed by atoms with van der Waals surface area (Å²) in [6.07, 6.45) is -0.344. The minimum Gasteiger partial charge on any atom is -0.481 e. The summed E-state index contributed by atoms with van der Waals surface area (Å²) in [5.74, 6) is -3.49. The predicted molar refractivity (Wildman–Crippen MR) is 123 cm³/mol. The Morgan fingerprint density at radius 3 is 2.23 bits per heavy atom. The molecule has 2 aliphatic heterocycles. The van der Waals surface area contributed by atoms with Gasteiger partial charge in [0.25, 0.3) is 5.91 Å². The second kappa shape index (κ2) is 9.05. The van der Waals surface area contributed by atoms with Crippen LogP contribution in [0.1, 0.15) is 30.4 Å². The summed E-state index contributed by atoms with van der Waals surface area (Å²) in [5.41, 5.74) is 4.24. The smallest absolute Gasteiger partial charge is 0.408 e. The van der Waals surface area contributed by atoms with Gasteiger partial charge in [0.05, 0.1) is 12.5 Å². The second-order valence-electron chi connectivity index (χ2n) is 9.07. The second-order valence-corrected chi connectivity index (χ2v) is 9.07. The number of nitrogens with one attached hydrogen (secondary N) is 1. The fourth-order valence-electron chi connectivity index (χ4n) is 5.61. The van der Waals surface area contributed by atoms with Crippen LogP contribution in [0, 0.1) is 11.8 Å². The van der Waals surface area contributed by atoms with Crippen molar-refractivity contribution in [2.24, 2.45) is 11.8 Å². The van der Waals surface area contributed by atoms with Gasteiger partial charge in [-0.2, -0.15) is 0 Å². The average Bonchev–Trinajstić information content (AvgIpc) is 3.52. The number of ether oxygens (including phenoxy) is 2. The molecule has 2 amide bonds. The van der Waals surface area contributed by atoms with Crippen molar-refractivity contribution in [3.63, 3.8) is 0 Å². The summed E-state index contributed by atoms with van der Waals surface area (Å²) in [4.78, 5) is 51.2.